The van der Waals surface area contributed by atoms with Crippen LogP contribution in [0.2, 0.25) is 0 Å². The van der Waals surface area contributed by atoms with Gasteiger partial charge >= 0.3 is 0 Å². The lowest BCUT2D eigenvalue weighted by Crippen LogP contribution is -2.14. The van der Waals surface area contributed by atoms with Gasteiger partial charge in [0.25, 0.3) is 0 Å². The van der Waals surface area contributed by atoms with E-state index in [-0.39, 0.29) is 0 Å². The maximum atomic E-state index is 5.96. The number of hydrogen-bond acceptors (Lipinski definition) is 0. The molecule has 0 bridgehead atoms. The minimum absolute atomic E-state index is 0.356. The number of unbranched alkanes of at least 4 members (excludes halogenated alkanes) is 7. The molecule has 0 N–H and O–H groups in total. The summed E-state index contributed by atoms with van der Waals surface area (Å²) in [6.45, 7) is 6.93. The predicted octanol–water partition coefficient (Wildman–Crippen LogP) is 7.78. The van der Waals surface area contributed by atoms with Crippen molar-refractivity contribution < 1.29 is 0 Å². The molecule has 1 rings (SSSR count). The van der Waals surface area contributed by atoms with Gasteiger partial charge in [-0.2, -0.15) is 0 Å². The zero-order valence-electron chi connectivity index (χ0n) is 15.6. The molecule has 0 nitrogen and oxygen atoms in total. The van der Waals surface area contributed by atoms with Crippen LogP contribution in [0.1, 0.15) is 90.5 Å². The number of hydrogen-bond donors (Lipinski definition) is 0. The monoisotopic (exact) mass is 336 g/mol. The van der Waals surface area contributed by atoms with Gasteiger partial charge in [0.05, 0.1) is 0 Å². The van der Waals surface area contributed by atoms with Crippen LogP contribution in [0.4, 0.5) is 0 Å². The normalized spacial score (nSPS) is 13.2. The van der Waals surface area contributed by atoms with Crippen molar-refractivity contribution in [3.8, 4) is 0 Å². The van der Waals surface area contributed by atoms with Crippen molar-refractivity contribution in [2.75, 3.05) is 0 Å². The molecule has 1 aromatic carbocycles. The summed E-state index contributed by atoms with van der Waals surface area (Å²) in [6.07, 6.45) is 14.8. The summed E-state index contributed by atoms with van der Waals surface area (Å²) in [5.74, 6) is 0. The highest BCUT2D eigenvalue weighted by molar-refractivity contribution is 6.20. The summed E-state index contributed by atoms with van der Waals surface area (Å²) < 4.78 is 0. The molecule has 1 aromatic rings. The third kappa shape index (κ3) is 11.7. The van der Waals surface area contributed by atoms with Crippen molar-refractivity contribution >= 4 is 11.6 Å². The fraction of sp³-hybridized carbons (Fsp3) is 0.727. The molecule has 1 heteroatoms. The molecule has 0 aliphatic heterocycles. The summed E-state index contributed by atoms with van der Waals surface area (Å²) in [5.41, 5.74) is 1.91. The molecule has 132 valence electrons. The van der Waals surface area contributed by atoms with E-state index in [0.29, 0.717) is 10.8 Å². The van der Waals surface area contributed by atoms with Crippen LogP contribution in [0.25, 0.3) is 0 Å². The predicted molar refractivity (Wildman–Crippen MR) is 105 cm³/mol. The van der Waals surface area contributed by atoms with Crippen LogP contribution in [-0.4, -0.2) is 5.38 Å². The second kappa shape index (κ2) is 12.0. The van der Waals surface area contributed by atoms with E-state index in [0.717, 1.165) is 0 Å². The van der Waals surface area contributed by atoms with Gasteiger partial charge in [-0.15, -0.1) is 11.6 Å². The zero-order valence-corrected chi connectivity index (χ0v) is 16.4. The second-order valence-electron chi connectivity index (χ2n) is 7.97. The lowest BCUT2D eigenvalue weighted by molar-refractivity contribution is 0.316. The van der Waals surface area contributed by atoms with Crippen molar-refractivity contribution in [1.82, 2.24) is 0 Å². The van der Waals surface area contributed by atoms with E-state index in [1.807, 2.05) is 0 Å². The third-order valence-corrected chi connectivity index (χ3v) is 4.95. The summed E-state index contributed by atoms with van der Waals surface area (Å²) in [7, 11) is 0. The highest BCUT2D eigenvalue weighted by atomic mass is 35.5. The second-order valence-corrected chi connectivity index (χ2v) is 8.72. The molecular weight excluding hydrogens is 300 g/mol. The van der Waals surface area contributed by atoms with E-state index in [2.05, 4.69) is 51.1 Å². The Labute approximate surface area is 150 Å². The SMILES string of the molecule is CC(Cl)CCCCCCCCCCC(C)(C)Cc1ccccc1. The highest BCUT2D eigenvalue weighted by Gasteiger charge is 2.17. The molecule has 0 radical (unpaired) electrons. The van der Waals surface area contributed by atoms with Crippen molar-refractivity contribution in [1.29, 1.82) is 0 Å². The molecule has 0 amide bonds. The van der Waals surface area contributed by atoms with Gasteiger partial charge in [0.15, 0.2) is 0 Å². The Balaban J connectivity index is 1.97. The first-order valence-electron chi connectivity index (χ1n) is 9.68. The van der Waals surface area contributed by atoms with Crippen molar-refractivity contribution in [3.63, 3.8) is 0 Å². The highest BCUT2D eigenvalue weighted by Crippen LogP contribution is 2.28. The van der Waals surface area contributed by atoms with E-state index in [1.165, 1.54) is 76.2 Å². The Hall–Kier alpha value is -0.490. The lowest BCUT2D eigenvalue weighted by atomic mass is 9.81. The van der Waals surface area contributed by atoms with E-state index in [9.17, 15) is 0 Å². The van der Waals surface area contributed by atoms with Gasteiger partial charge in [0.2, 0.25) is 0 Å². The van der Waals surface area contributed by atoms with Gasteiger partial charge in [-0.1, -0.05) is 95.5 Å². The Morgan fingerprint density at radius 2 is 1.35 bits per heavy atom. The molecular formula is C22H37Cl. The smallest absolute Gasteiger partial charge is 0.0307 e. The topological polar surface area (TPSA) is 0 Å². The number of rotatable bonds is 13. The number of alkyl halides is 1. The first-order valence-corrected chi connectivity index (χ1v) is 10.1. The number of halogens is 1. The molecule has 0 aliphatic carbocycles. The Bertz CT molecular complexity index is 380. The van der Waals surface area contributed by atoms with Crippen molar-refractivity contribution in [2.45, 2.75) is 96.8 Å². The fourth-order valence-electron chi connectivity index (χ4n) is 3.33. The van der Waals surface area contributed by atoms with Crippen LogP contribution in [0.5, 0.6) is 0 Å². The molecule has 0 saturated heterocycles. The molecule has 0 heterocycles. The van der Waals surface area contributed by atoms with Gasteiger partial charge in [-0.3, -0.25) is 0 Å². The fourth-order valence-corrected chi connectivity index (χ4v) is 3.48. The van der Waals surface area contributed by atoms with Crippen molar-refractivity contribution in [3.05, 3.63) is 35.9 Å². The van der Waals surface area contributed by atoms with Crippen LogP contribution in [0, 0.1) is 5.41 Å². The van der Waals surface area contributed by atoms with Gasteiger partial charge in [-0.05, 0) is 37.2 Å². The first-order chi connectivity index (χ1) is 11.0. The summed E-state index contributed by atoms with van der Waals surface area (Å²) in [4.78, 5) is 0. The summed E-state index contributed by atoms with van der Waals surface area (Å²) >= 11 is 5.96. The van der Waals surface area contributed by atoms with E-state index in [1.54, 1.807) is 0 Å². The molecule has 0 saturated carbocycles. The molecule has 0 spiro atoms. The molecule has 0 aromatic heterocycles. The van der Waals surface area contributed by atoms with Crippen LogP contribution in [0.15, 0.2) is 30.3 Å². The molecule has 1 unspecified atom stereocenters. The molecule has 0 aliphatic rings. The van der Waals surface area contributed by atoms with E-state index >= 15 is 0 Å². The van der Waals surface area contributed by atoms with Crippen molar-refractivity contribution in [2.24, 2.45) is 5.41 Å². The Kier molecular flexibility index (Phi) is 10.7. The maximum Gasteiger partial charge on any atom is 0.0307 e. The van der Waals surface area contributed by atoms with E-state index < -0.39 is 0 Å². The lowest BCUT2D eigenvalue weighted by Gasteiger charge is -2.24. The van der Waals surface area contributed by atoms with Crippen LogP contribution in [0.3, 0.4) is 0 Å². The van der Waals surface area contributed by atoms with Gasteiger partial charge in [0.1, 0.15) is 0 Å². The van der Waals surface area contributed by atoms with E-state index in [4.69, 9.17) is 11.6 Å². The quantitative estimate of drug-likeness (QED) is 0.255. The number of benzene rings is 1. The van der Waals surface area contributed by atoms with Gasteiger partial charge in [0, 0.05) is 5.38 Å². The maximum absolute atomic E-state index is 5.96. The van der Waals surface area contributed by atoms with Gasteiger partial charge in [-0.25, -0.2) is 0 Å². The zero-order chi connectivity index (χ0) is 17.0. The summed E-state index contributed by atoms with van der Waals surface area (Å²) in [5, 5.41) is 0.356. The molecule has 1 atom stereocenters. The van der Waals surface area contributed by atoms with Gasteiger partial charge < -0.3 is 0 Å². The Morgan fingerprint density at radius 1 is 0.826 bits per heavy atom. The van der Waals surface area contributed by atoms with Crippen LogP contribution < -0.4 is 0 Å². The largest absolute Gasteiger partial charge is 0.123 e. The third-order valence-electron chi connectivity index (χ3n) is 4.73. The minimum atomic E-state index is 0.356. The standard InChI is InChI=1S/C22H37Cl/c1-20(23)15-11-8-6-4-5-7-9-14-18-22(2,3)19-21-16-12-10-13-17-21/h10,12-13,16-17,20H,4-9,11,14-15,18-19H2,1-3H3. The molecule has 23 heavy (non-hydrogen) atoms. The first kappa shape index (κ1) is 20.6. The minimum Gasteiger partial charge on any atom is -0.123 e. The molecule has 0 fully saturated rings. The summed E-state index contributed by atoms with van der Waals surface area (Å²) in [6, 6.07) is 10.9. The Morgan fingerprint density at radius 3 is 1.91 bits per heavy atom. The van der Waals surface area contributed by atoms with Crippen LogP contribution >= 0.6 is 11.6 Å². The average molecular weight is 337 g/mol. The average Bonchev–Trinajstić information content (AvgIpc) is 2.49. The van der Waals surface area contributed by atoms with Crippen LogP contribution in [-0.2, 0) is 6.42 Å².